The topological polar surface area (TPSA) is 218 Å². The molecule has 0 unspecified atom stereocenters. The van der Waals surface area contributed by atoms with Gasteiger partial charge in [-0.25, -0.2) is 13.9 Å². The molecule has 2 aromatic heterocycles. The Hall–Kier alpha value is -4.82. The molecule has 2 saturated carbocycles. The number of nitrogens with zero attached hydrogens (tertiary/aromatic N) is 4. The highest BCUT2D eigenvalue weighted by atomic mass is 35.5. The van der Waals surface area contributed by atoms with Gasteiger partial charge in [0.05, 0.1) is 60.4 Å². The highest BCUT2D eigenvalue weighted by molar-refractivity contribution is 7.85. The van der Waals surface area contributed by atoms with E-state index < -0.39 is 86.3 Å². The molecule has 4 fully saturated rings. The number of allylic oxidation sites excluding steroid dienone is 1. The number of oxazole rings is 1. The van der Waals surface area contributed by atoms with Gasteiger partial charge in [-0.1, -0.05) is 38.4 Å². The molecule has 2 aliphatic heterocycles. The Bertz CT molecular complexity index is 2540. The summed E-state index contributed by atoms with van der Waals surface area (Å²) in [4.78, 5) is 70.3. The fourth-order valence-corrected chi connectivity index (χ4v) is 10.3. The molecule has 378 valence electrons. The first-order chi connectivity index (χ1) is 32.3. The molecule has 4 heterocycles. The number of morpholine rings is 1. The van der Waals surface area contributed by atoms with Crippen molar-refractivity contribution in [2.45, 2.75) is 130 Å². The summed E-state index contributed by atoms with van der Waals surface area (Å²) >= 11 is 7.11. The van der Waals surface area contributed by atoms with Gasteiger partial charge in [-0.15, -0.1) is 6.58 Å². The Morgan fingerprint density at radius 2 is 1.75 bits per heavy atom. The number of rotatable bonds is 20. The second kappa shape index (κ2) is 20.1. The predicted molar refractivity (Wildman–Crippen MR) is 258 cm³/mol. The normalized spacial score (nSPS) is 23.1. The summed E-state index contributed by atoms with van der Waals surface area (Å²) in [5.74, 6) is -3.14. The standard InChI is InChI=1S/C49H67ClN6O12S/c1-11-30-25-49(30,44(60)54-69(61,62)68-48(10)14-15-48)26-37(57)36-22-31(27-56(36)43(59)33(46(4,5)6)23-40(58)67-47(7,8)9)66-39-24-34(35-28-65-45(53-35)51-29(2)3)52-42-32(39)12-13-38(41(42)50)64-21-18-55-16-19-63-20-17-55/h11-13,24,28-31,33,36H,1,14-23,25-27H2,2-10H3,(H,51,53)(H,54,60)/t30-,31-,33-,36+,49-/m1/s1. The molecule has 0 bridgehead atoms. The second-order valence-electron chi connectivity index (χ2n) is 21.4. The minimum absolute atomic E-state index is 0.00781. The largest absolute Gasteiger partial charge is 0.491 e. The van der Waals surface area contributed by atoms with Gasteiger partial charge in [0, 0.05) is 50.0 Å². The Labute approximate surface area is 409 Å². The van der Waals surface area contributed by atoms with E-state index in [0.717, 1.165) is 13.1 Å². The van der Waals surface area contributed by atoms with Crippen LogP contribution in [0.3, 0.4) is 0 Å². The number of nitrogens with one attached hydrogen (secondary N) is 2. The Kier molecular flexibility index (Phi) is 15.2. The van der Waals surface area contributed by atoms with Crippen LogP contribution in [0.1, 0.15) is 101 Å². The van der Waals surface area contributed by atoms with E-state index in [1.165, 1.54) is 17.2 Å². The van der Waals surface area contributed by atoms with Gasteiger partial charge in [0.1, 0.15) is 46.8 Å². The summed E-state index contributed by atoms with van der Waals surface area (Å²) < 4.78 is 63.2. The Morgan fingerprint density at radius 1 is 1.04 bits per heavy atom. The van der Waals surface area contributed by atoms with E-state index in [0.29, 0.717) is 73.0 Å². The van der Waals surface area contributed by atoms with Crippen LogP contribution in [-0.2, 0) is 43.1 Å². The maximum atomic E-state index is 15.0. The van der Waals surface area contributed by atoms with Crippen LogP contribution in [0.2, 0.25) is 5.02 Å². The van der Waals surface area contributed by atoms with E-state index in [9.17, 15) is 22.8 Å². The maximum Gasteiger partial charge on any atom is 0.362 e. The average molecular weight is 1000 g/mol. The van der Waals surface area contributed by atoms with Crippen molar-refractivity contribution in [2.24, 2.45) is 22.7 Å². The van der Waals surface area contributed by atoms with Gasteiger partial charge in [-0.05, 0) is 84.3 Å². The van der Waals surface area contributed by atoms with E-state index >= 15 is 4.79 Å². The molecule has 20 heteroatoms. The molecule has 1 aromatic carbocycles. The lowest BCUT2D eigenvalue weighted by atomic mass is 9.77. The summed E-state index contributed by atoms with van der Waals surface area (Å²) in [6, 6.07) is 4.40. The van der Waals surface area contributed by atoms with Crippen LogP contribution in [-0.4, -0.2) is 127 Å². The van der Waals surface area contributed by atoms with Gasteiger partial charge < -0.3 is 33.6 Å². The number of likely N-dealkylation sites (tertiary alicyclic amines) is 1. The van der Waals surface area contributed by atoms with Crippen LogP contribution in [0.25, 0.3) is 22.3 Å². The number of Topliss-reactive ketones (excluding diaryl/α,β-unsaturated/α-hetero) is 1. The van der Waals surface area contributed by atoms with Gasteiger partial charge in [0.25, 0.3) is 6.01 Å². The van der Waals surface area contributed by atoms with Crippen LogP contribution >= 0.6 is 11.6 Å². The molecular weight excluding hydrogens is 932 g/mol. The molecule has 4 aliphatic rings. The number of ketones is 1. The predicted octanol–water partition coefficient (Wildman–Crippen LogP) is 6.90. The van der Waals surface area contributed by atoms with Crippen LogP contribution in [0, 0.1) is 22.7 Å². The quantitative estimate of drug-likeness (QED) is 0.0869. The van der Waals surface area contributed by atoms with Crippen molar-refractivity contribution >= 4 is 62.4 Å². The number of carbonyl (C=O) groups is 4. The first-order valence-corrected chi connectivity index (χ1v) is 25.5. The summed E-state index contributed by atoms with van der Waals surface area (Å²) in [5.41, 5.74) is -2.84. The third kappa shape index (κ3) is 12.8. The van der Waals surface area contributed by atoms with Crippen molar-refractivity contribution in [3.63, 3.8) is 0 Å². The molecular formula is C49H67ClN6O12S. The van der Waals surface area contributed by atoms with E-state index in [1.54, 1.807) is 45.9 Å². The molecule has 3 aromatic rings. The number of anilines is 1. The molecule has 0 radical (unpaired) electrons. The van der Waals surface area contributed by atoms with E-state index in [4.69, 9.17) is 44.1 Å². The van der Waals surface area contributed by atoms with Gasteiger partial charge in [0.2, 0.25) is 11.8 Å². The lowest BCUT2D eigenvalue weighted by Crippen LogP contribution is -2.49. The third-order valence-electron chi connectivity index (χ3n) is 13.0. The number of aromatic nitrogens is 2. The highest BCUT2D eigenvalue weighted by Crippen LogP contribution is 2.57. The number of fused-ring (bicyclic) bond motifs is 1. The number of amides is 2. The summed E-state index contributed by atoms with van der Waals surface area (Å²) in [6.07, 6.45) is 2.70. The number of hydrogen-bond acceptors (Lipinski definition) is 16. The van der Waals surface area contributed by atoms with Gasteiger partial charge in [0.15, 0.2) is 5.78 Å². The number of halogens is 1. The lowest BCUT2D eigenvalue weighted by Gasteiger charge is -2.35. The maximum absolute atomic E-state index is 15.0. The van der Waals surface area contributed by atoms with E-state index in [1.807, 2.05) is 34.6 Å². The van der Waals surface area contributed by atoms with E-state index in [2.05, 4.69) is 26.5 Å². The zero-order chi connectivity index (χ0) is 50.3. The van der Waals surface area contributed by atoms with Crippen molar-refractivity contribution in [3.8, 4) is 22.9 Å². The number of hydrogen-bond donors (Lipinski definition) is 2. The van der Waals surface area contributed by atoms with Gasteiger partial charge >= 0.3 is 16.3 Å². The molecule has 5 atom stereocenters. The number of benzene rings is 1. The van der Waals surface area contributed by atoms with Gasteiger partial charge in [-0.3, -0.25) is 24.1 Å². The van der Waals surface area contributed by atoms with Crippen molar-refractivity contribution < 1.29 is 55.1 Å². The summed E-state index contributed by atoms with van der Waals surface area (Å²) in [6.45, 7) is 24.0. The fourth-order valence-electron chi connectivity index (χ4n) is 8.86. The van der Waals surface area contributed by atoms with Crippen LogP contribution < -0.4 is 19.5 Å². The molecule has 2 aliphatic carbocycles. The first-order valence-electron chi connectivity index (χ1n) is 23.7. The van der Waals surface area contributed by atoms with Crippen LogP contribution in [0.5, 0.6) is 11.5 Å². The Balaban J connectivity index is 1.22. The monoisotopic (exact) mass is 998 g/mol. The zero-order valence-corrected chi connectivity index (χ0v) is 42.7. The van der Waals surface area contributed by atoms with Crippen molar-refractivity contribution in [3.05, 3.63) is 42.1 Å². The molecule has 0 spiro atoms. The lowest BCUT2D eigenvalue weighted by molar-refractivity contribution is -0.161. The zero-order valence-electron chi connectivity index (χ0n) is 41.1. The van der Waals surface area contributed by atoms with Gasteiger partial charge in [-0.2, -0.15) is 13.4 Å². The van der Waals surface area contributed by atoms with Crippen molar-refractivity contribution in [1.29, 1.82) is 0 Å². The molecule has 69 heavy (non-hydrogen) atoms. The number of esters is 1. The minimum atomic E-state index is -4.50. The average Bonchev–Trinajstić information content (AvgIpc) is 4.02. The number of carbonyl (C=O) groups excluding carboxylic acids is 4. The van der Waals surface area contributed by atoms with Crippen molar-refractivity contribution in [1.82, 2.24) is 24.5 Å². The Morgan fingerprint density at radius 3 is 2.38 bits per heavy atom. The third-order valence-corrected chi connectivity index (χ3v) is 14.4. The molecule has 2 amide bonds. The minimum Gasteiger partial charge on any atom is -0.491 e. The van der Waals surface area contributed by atoms with E-state index in [-0.39, 0.29) is 42.9 Å². The van der Waals surface area contributed by atoms with Crippen LogP contribution in [0.15, 0.2) is 41.5 Å². The fraction of sp³-hybridized carbons (Fsp3) is 0.633. The van der Waals surface area contributed by atoms with Crippen LogP contribution in [0.4, 0.5) is 6.01 Å². The highest BCUT2D eigenvalue weighted by Gasteiger charge is 2.61. The second-order valence-corrected chi connectivity index (χ2v) is 23.0. The first kappa shape index (κ1) is 52.0. The smallest absolute Gasteiger partial charge is 0.362 e. The molecule has 18 nitrogen and oxygen atoms in total. The molecule has 7 rings (SSSR count). The number of pyridine rings is 1. The summed E-state index contributed by atoms with van der Waals surface area (Å²) in [7, 11) is -4.50. The SMILES string of the molecule is C=C[C@@H]1C[C@]1(CC(=O)[C@@H]1C[C@@H](Oc2cc(-c3coc(NC(C)C)n3)nc3c(Cl)c(OCCN4CCOCC4)ccc23)CN1C(=O)[C@@H](CC(=O)OC(C)(C)C)C(C)(C)C)C(=O)NS(=O)(=O)OC1(C)CC1. The summed E-state index contributed by atoms with van der Waals surface area (Å²) in [5, 5.41) is 3.90. The molecule has 2 N–H and O–H groups in total. The van der Waals surface area contributed by atoms with Crippen molar-refractivity contribution in [2.75, 3.05) is 51.3 Å². The molecule has 2 saturated heterocycles. The number of ether oxygens (including phenoxy) is 4.